The molecule has 2 heterocycles. The maximum atomic E-state index is 12.2. The lowest BCUT2D eigenvalue weighted by atomic mass is 10.1. The van der Waals surface area contributed by atoms with E-state index in [1.165, 1.54) is 18.5 Å². The third-order valence-corrected chi connectivity index (χ3v) is 3.05. The molecule has 1 fully saturated rings. The maximum Gasteiger partial charge on any atom is 0.258 e. The second kappa shape index (κ2) is 5.33. The zero-order valence-electron chi connectivity index (χ0n) is 9.17. The number of hydrogen-bond acceptors (Lipinski definition) is 4. The zero-order valence-corrected chi connectivity index (χ0v) is 9.93. The van der Waals surface area contributed by atoms with Gasteiger partial charge in [0.1, 0.15) is 5.75 Å². The van der Waals surface area contributed by atoms with Gasteiger partial charge in [-0.25, -0.2) is 0 Å². The van der Waals surface area contributed by atoms with E-state index in [0.29, 0.717) is 25.6 Å². The molecule has 0 aromatic carbocycles. The Bertz CT molecular complexity index is 413. The lowest BCUT2D eigenvalue weighted by molar-refractivity contribution is 0.00441. The summed E-state index contributed by atoms with van der Waals surface area (Å²) in [4.78, 5) is 17.6. The number of amides is 1. The largest absolute Gasteiger partial charge is 0.505 e. The molecule has 1 aliphatic rings. The van der Waals surface area contributed by atoms with E-state index in [4.69, 9.17) is 16.3 Å². The Morgan fingerprint density at radius 1 is 1.71 bits per heavy atom. The van der Waals surface area contributed by atoms with Gasteiger partial charge in [-0.1, -0.05) is 0 Å². The van der Waals surface area contributed by atoms with Crippen LogP contribution in [0.2, 0.25) is 0 Å². The Morgan fingerprint density at radius 2 is 2.53 bits per heavy atom. The summed E-state index contributed by atoms with van der Waals surface area (Å²) in [6.07, 6.45) is 2.73. The van der Waals surface area contributed by atoms with Gasteiger partial charge in [0.15, 0.2) is 0 Å². The van der Waals surface area contributed by atoms with E-state index < -0.39 is 0 Å². The minimum Gasteiger partial charge on any atom is -0.505 e. The van der Waals surface area contributed by atoms with Crippen LogP contribution in [0.15, 0.2) is 18.5 Å². The van der Waals surface area contributed by atoms with E-state index in [0.717, 1.165) is 0 Å². The second-order valence-corrected chi connectivity index (χ2v) is 4.08. The van der Waals surface area contributed by atoms with Crippen LogP contribution in [0.4, 0.5) is 0 Å². The number of ether oxygens (including phenoxy) is 1. The van der Waals surface area contributed by atoms with Gasteiger partial charge in [-0.3, -0.25) is 9.78 Å². The number of alkyl halides is 1. The molecule has 1 unspecified atom stereocenters. The Morgan fingerprint density at radius 3 is 3.24 bits per heavy atom. The fraction of sp³-hybridized carbons (Fsp3) is 0.455. The van der Waals surface area contributed by atoms with E-state index >= 15 is 0 Å². The predicted octanol–water partition coefficient (Wildman–Crippen LogP) is 0.867. The summed E-state index contributed by atoms with van der Waals surface area (Å²) >= 11 is 5.80. The van der Waals surface area contributed by atoms with Crippen molar-refractivity contribution in [1.82, 2.24) is 9.88 Å². The molecule has 0 saturated carbocycles. The normalized spacial score (nSPS) is 20.3. The lowest BCUT2D eigenvalue weighted by Crippen LogP contribution is -2.49. The van der Waals surface area contributed by atoms with Crippen molar-refractivity contribution < 1.29 is 14.6 Å². The van der Waals surface area contributed by atoms with Crippen molar-refractivity contribution in [1.29, 1.82) is 0 Å². The van der Waals surface area contributed by atoms with Crippen molar-refractivity contribution in [2.24, 2.45) is 0 Å². The van der Waals surface area contributed by atoms with Crippen LogP contribution in [0.5, 0.6) is 5.75 Å². The first-order valence-corrected chi connectivity index (χ1v) is 5.85. The Labute approximate surface area is 104 Å². The fourth-order valence-electron chi connectivity index (χ4n) is 1.77. The average molecular weight is 257 g/mol. The molecule has 1 saturated heterocycles. The quantitative estimate of drug-likeness (QED) is 0.798. The van der Waals surface area contributed by atoms with Crippen molar-refractivity contribution in [3.8, 4) is 5.75 Å². The molecule has 1 N–H and O–H groups in total. The summed E-state index contributed by atoms with van der Waals surface area (Å²) < 4.78 is 5.27. The molecule has 92 valence electrons. The van der Waals surface area contributed by atoms with Gasteiger partial charge >= 0.3 is 0 Å². The molecule has 1 atom stereocenters. The molecule has 0 spiro atoms. The molecule has 1 aromatic rings. The number of hydrogen-bond donors (Lipinski definition) is 1. The van der Waals surface area contributed by atoms with Gasteiger partial charge in [0.25, 0.3) is 5.91 Å². The van der Waals surface area contributed by atoms with E-state index in [9.17, 15) is 9.90 Å². The summed E-state index contributed by atoms with van der Waals surface area (Å²) in [6, 6.07) is 1.35. The summed E-state index contributed by atoms with van der Waals surface area (Å²) in [5.74, 6) is -0.0337. The van der Waals surface area contributed by atoms with E-state index in [2.05, 4.69) is 4.98 Å². The minimum absolute atomic E-state index is 0.114. The van der Waals surface area contributed by atoms with E-state index in [1.807, 2.05) is 0 Å². The van der Waals surface area contributed by atoms with Gasteiger partial charge < -0.3 is 14.7 Å². The van der Waals surface area contributed by atoms with Crippen LogP contribution in [0.25, 0.3) is 0 Å². The summed E-state index contributed by atoms with van der Waals surface area (Å²) in [6.45, 7) is 1.41. The molecule has 0 radical (unpaired) electrons. The standard InChI is InChI=1S/C11H13ClN2O3/c12-5-8-7-17-4-3-14(8)11(16)9-1-2-13-6-10(9)15/h1-2,6,8,15H,3-5,7H2. The molecule has 6 heteroatoms. The maximum absolute atomic E-state index is 12.2. The van der Waals surface area contributed by atoms with Crippen LogP contribution in [-0.4, -0.2) is 52.6 Å². The van der Waals surface area contributed by atoms with Crippen LogP contribution in [0.3, 0.4) is 0 Å². The first-order chi connectivity index (χ1) is 8.24. The van der Waals surface area contributed by atoms with Crippen LogP contribution >= 0.6 is 11.6 Å². The lowest BCUT2D eigenvalue weighted by Gasteiger charge is -2.34. The molecule has 0 aliphatic carbocycles. The Hall–Kier alpha value is -1.33. The number of nitrogens with zero attached hydrogens (tertiary/aromatic N) is 2. The molecule has 1 aromatic heterocycles. The molecule has 5 nitrogen and oxygen atoms in total. The van der Waals surface area contributed by atoms with E-state index in [-0.39, 0.29) is 23.3 Å². The van der Waals surface area contributed by atoms with Crippen molar-refractivity contribution in [2.45, 2.75) is 6.04 Å². The molecule has 1 aliphatic heterocycles. The number of carbonyl (C=O) groups excluding carboxylic acids is 1. The van der Waals surface area contributed by atoms with Crippen molar-refractivity contribution >= 4 is 17.5 Å². The molecule has 17 heavy (non-hydrogen) atoms. The SMILES string of the molecule is O=C(c1ccncc1O)N1CCOCC1CCl. The number of pyridine rings is 1. The number of rotatable bonds is 2. The number of carbonyl (C=O) groups is 1. The smallest absolute Gasteiger partial charge is 0.258 e. The van der Waals surface area contributed by atoms with Gasteiger partial charge in [-0.15, -0.1) is 11.6 Å². The first kappa shape index (κ1) is 12.1. The summed E-state index contributed by atoms with van der Waals surface area (Å²) in [5.41, 5.74) is 0.247. The third kappa shape index (κ3) is 2.50. The zero-order chi connectivity index (χ0) is 12.3. The second-order valence-electron chi connectivity index (χ2n) is 3.77. The monoisotopic (exact) mass is 256 g/mol. The summed E-state index contributed by atoms with van der Waals surface area (Å²) in [5, 5.41) is 9.60. The van der Waals surface area contributed by atoms with E-state index in [1.54, 1.807) is 4.90 Å². The highest BCUT2D eigenvalue weighted by atomic mass is 35.5. The number of halogens is 1. The fourth-order valence-corrected chi connectivity index (χ4v) is 2.03. The highest BCUT2D eigenvalue weighted by molar-refractivity contribution is 6.18. The Kier molecular flexibility index (Phi) is 3.81. The van der Waals surface area contributed by atoms with Crippen LogP contribution in [-0.2, 0) is 4.74 Å². The third-order valence-electron chi connectivity index (χ3n) is 2.70. The van der Waals surface area contributed by atoms with Crippen molar-refractivity contribution in [3.63, 3.8) is 0 Å². The molecular weight excluding hydrogens is 244 g/mol. The molecule has 2 rings (SSSR count). The average Bonchev–Trinajstić information content (AvgIpc) is 2.38. The molecule has 0 bridgehead atoms. The van der Waals surface area contributed by atoms with Gasteiger partial charge in [-0.05, 0) is 6.07 Å². The molecular formula is C11H13ClN2O3. The van der Waals surface area contributed by atoms with Crippen molar-refractivity contribution in [3.05, 3.63) is 24.0 Å². The number of aromatic hydroxyl groups is 1. The van der Waals surface area contributed by atoms with Crippen LogP contribution in [0.1, 0.15) is 10.4 Å². The predicted molar refractivity (Wildman–Crippen MR) is 62.3 cm³/mol. The minimum atomic E-state index is -0.237. The van der Waals surface area contributed by atoms with Gasteiger partial charge in [0.2, 0.25) is 0 Å². The van der Waals surface area contributed by atoms with Crippen LogP contribution in [0, 0.1) is 0 Å². The van der Waals surface area contributed by atoms with Crippen LogP contribution < -0.4 is 0 Å². The van der Waals surface area contributed by atoms with Gasteiger partial charge in [0, 0.05) is 18.6 Å². The first-order valence-electron chi connectivity index (χ1n) is 5.31. The number of aromatic nitrogens is 1. The van der Waals surface area contributed by atoms with Gasteiger partial charge in [0.05, 0.1) is 31.0 Å². The molecule has 1 amide bonds. The topological polar surface area (TPSA) is 62.7 Å². The van der Waals surface area contributed by atoms with Gasteiger partial charge in [-0.2, -0.15) is 0 Å². The van der Waals surface area contributed by atoms with Crippen molar-refractivity contribution in [2.75, 3.05) is 25.6 Å². The number of morpholine rings is 1. The highest BCUT2D eigenvalue weighted by Crippen LogP contribution is 2.19. The highest BCUT2D eigenvalue weighted by Gasteiger charge is 2.28. The summed E-state index contributed by atoms with van der Waals surface area (Å²) in [7, 11) is 0. The Balaban J connectivity index is 2.21.